The van der Waals surface area contributed by atoms with E-state index in [1.165, 1.54) is 12.1 Å². The van der Waals surface area contributed by atoms with Crippen molar-refractivity contribution in [2.75, 3.05) is 33.9 Å². The molecule has 0 amide bonds. The normalized spacial score (nSPS) is 18.3. The Morgan fingerprint density at radius 2 is 2.27 bits per heavy atom. The topological polar surface area (TPSA) is 36.9 Å². The molecule has 1 aliphatic heterocycles. The first kappa shape index (κ1) is 19.6. The highest BCUT2D eigenvalue weighted by atomic mass is 127. The van der Waals surface area contributed by atoms with Crippen LogP contribution < -0.4 is 5.32 Å². The molecule has 1 unspecified atom stereocenters. The van der Waals surface area contributed by atoms with E-state index in [0.717, 1.165) is 42.1 Å². The van der Waals surface area contributed by atoms with E-state index in [1.807, 2.05) is 6.07 Å². The zero-order valence-electron chi connectivity index (χ0n) is 12.8. The zero-order chi connectivity index (χ0) is 15.2. The molecule has 0 bridgehead atoms. The number of aliphatic imine (C=N–C) groups is 1. The van der Waals surface area contributed by atoms with Crippen LogP contribution in [0.5, 0.6) is 0 Å². The fourth-order valence-corrected chi connectivity index (χ4v) is 3.14. The van der Waals surface area contributed by atoms with Gasteiger partial charge in [-0.15, -0.1) is 24.0 Å². The average Bonchev–Trinajstić information content (AvgIpc) is 2.87. The summed E-state index contributed by atoms with van der Waals surface area (Å²) in [4.78, 5) is 6.53. The highest BCUT2D eigenvalue weighted by Gasteiger charge is 2.24. The minimum absolute atomic E-state index is 0. The van der Waals surface area contributed by atoms with Crippen molar-refractivity contribution < 1.29 is 9.13 Å². The lowest BCUT2D eigenvalue weighted by molar-refractivity contribution is 0.157. The molecule has 1 aromatic carbocycles. The van der Waals surface area contributed by atoms with Gasteiger partial charge in [0.1, 0.15) is 5.82 Å². The Balaban J connectivity index is 0.00000242. The van der Waals surface area contributed by atoms with Gasteiger partial charge in [0.15, 0.2) is 5.96 Å². The summed E-state index contributed by atoms with van der Waals surface area (Å²) in [6.07, 6.45) is 1.11. The van der Waals surface area contributed by atoms with Crippen LogP contribution in [0.1, 0.15) is 12.0 Å². The molecule has 0 spiro atoms. The number of benzene rings is 1. The van der Waals surface area contributed by atoms with Crippen molar-refractivity contribution in [1.82, 2.24) is 10.2 Å². The number of rotatable bonds is 4. The van der Waals surface area contributed by atoms with Crippen LogP contribution in [0.3, 0.4) is 0 Å². The van der Waals surface area contributed by atoms with Crippen molar-refractivity contribution in [3.05, 3.63) is 34.1 Å². The molecule has 2 rings (SSSR count). The van der Waals surface area contributed by atoms with E-state index in [4.69, 9.17) is 4.74 Å². The van der Waals surface area contributed by atoms with Gasteiger partial charge in [0.2, 0.25) is 0 Å². The molecule has 1 aromatic rings. The molecule has 1 atom stereocenters. The van der Waals surface area contributed by atoms with Gasteiger partial charge in [-0.25, -0.2) is 4.39 Å². The molecule has 1 saturated heterocycles. The second-order valence-corrected chi connectivity index (χ2v) is 6.15. The Morgan fingerprint density at radius 1 is 1.50 bits per heavy atom. The highest BCUT2D eigenvalue weighted by molar-refractivity contribution is 14.0. The van der Waals surface area contributed by atoms with Crippen molar-refractivity contribution in [2.24, 2.45) is 10.9 Å². The molecule has 1 heterocycles. The van der Waals surface area contributed by atoms with Gasteiger partial charge < -0.3 is 15.0 Å². The fraction of sp³-hybridized carbons (Fsp3) is 0.533. The van der Waals surface area contributed by atoms with Crippen LogP contribution in [-0.2, 0) is 11.3 Å². The van der Waals surface area contributed by atoms with Gasteiger partial charge in [-0.05, 0) is 30.2 Å². The molecular weight excluding hydrogens is 464 g/mol. The Labute approximate surface area is 156 Å². The minimum Gasteiger partial charge on any atom is -0.384 e. The number of methoxy groups -OCH3 is 1. The van der Waals surface area contributed by atoms with Crippen LogP contribution in [-0.4, -0.2) is 44.7 Å². The maximum Gasteiger partial charge on any atom is 0.193 e. The third-order valence-corrected chi connectivity index (χ3v) is 4.03. The monoisotopic (exact) mass is 485 g/mol. The first-order valence-electron chi connectivity index (χ1n) is 7.02. The van der Waals surface area contributed by atoms with E-state index in [0.29, 0.717) is 12.5 Å². The van der Waals surface area contributed by atoms with Crippen LogP contribution in [0.15, 0.2) is 27.7 Å². The van der Waals surface area contributed by atoms with Crippen LogP contribution in [0.2, 0.25) is 0 Å². The number of hydrogen-bond acceptors (Lipinski definition) is 2. The smallest absolute Gasteiger partial charge is 0.193 e. The predicted molar refractivity (Wildman–Crippen MR) is 101 cm³/mol. The number of guanidine groups is 1. The van der Waals surface area contributed by atoms with Crippen LogP contribution >= 0.6 is 39.9 Å². The van der Waals surface area contributed by atoms with Crippen molar-refractivity contribution in [3.8, 4) is 0 Å². The highest BCUT2D eigenvalue weighted by Crippen LogP contribution is 2.17. The summed E-state index contributed by atoms with van der Waals surface area (Å²) in [6.45, 7) is 3.25. The second kappa shape index (κ2) is 9.67. The first-order valence-corrected chi connectivity index (χ1v) is 7.81. The van der Waals surface area contributed by atoms with Crippen LogP contribution in [0.4, 0.5) is 4.39 Å². The minimum atomic E-state index is -0.238. The Hall–Kier alpha value is -0.410. The van der Waals surface area contributed by atoms with Crippen molar-refractivity contribution in [3.63, 3.8) is 0 Å². The van der Waals surface area contributed by atoms with Gasteiger partial charge in [-0.3, -0.25) is 4.99 Å². The molecule has 0 aromatic heterocycles. The van der Waals surface area contributed by atoms with Crippen LogP contribution in [0, 0.1) is 11.7 Å². The Kier molecular flexibility index (Phi) is 8.63. The number of likely N-dealkylation sites (tertiary alicyclic amines) is 1. The van der Waals surface area contributed by atoms with Crippen molar-refractivity contribution >= 4 is 45.9 Å². The molecule has 0 aliphatic carbocycles. The van der Waals surface area contributed by atoms with E-state index >= 15 is 0 Å². The van der Waals surface area contributed by atoms with E-state index in [1.54, 1.807) is 14.2 Å². The molecule has 22 heavy (non-hydrogen) atoms. The second-order valence-electron chi connectivity index (χ2n) is 5.23. The molecule has 7 heteroatoms. The molecule has 1 aliphatic rings. The van der Waals surface area contributed by atoms with Gasteiger partial charge >= 0.3 is 0 Å². The standard InChI is InChI=1S/C15H21BrFN3O.HI/c1-18-15(20-4-3-11(9-20)10-21-2)19-8-12-5-13(16)7-14(17)6-12;/h5-7,11H,3-4,8-10H2,1-2H3,(H,18,19);1H. The lowest BCUT2D eigenvalue weighted by atomic mass is 10.1. The maximum atomic E-state index is 13.4. The molecule has 4 nitrogen and oxygen atoms in total. The van der Waals surface area contributed by atoms with E-state index in [9.17, 15) is 4.39 Å². The van der Waals surface area contributed by atoms with Gasteiger partial charge in [0, 0.05) is 44.2 Å². The molecule has 124 valence electrons. The predicted octanol–water partition coefficient (Wildman–Crippen LogP) is 3.25. The molecule has 1 N–H and O–H groups in total. The number of hydrogen-bond donors (Lipinski definition) is 1. The largest absolute Gasteiger partial charge is 0.384 e. The van der Waals surface area contributed by atoms with Gasteiger partial charge in [0.05, 0.1) is 6.61 Å². The molecule has 0 saturated carbocycles. The summed E-state index contributed by atoms with van der Waals surface area (Å²) in [5, 5.41) is 3.29. The number of nitrogens with one attached hydrogen (secondary N) is 1. The molecule has 1 fully saturated rings. The van der Waals surface area contributed by atoms with Crippen molar-refractivity contribution in [1.29, 1.82) is 0 Å². The van der Waals surface area contributed by atoms with Gasteiger partial charge in [-0.1, -0.05) is 15.9 Å². The first-order chi connectivity index (χ1) is 10.1. The average molecular weight is 486 g/mol. The quantitative estimate of drug-likeness (QED) is 0.404. The lowest BCUT2D eigenvalue weighted by Gasteiger charge is -2.21. The number of halogens is 3. The molecule has 0 radical (unpaired) electrons. The summed E-state index contributed by atoms with van der Waals surface area (Å²) < 4.78 is 19.3. The van der Waals surface area contributed by atoms with E-state index in [2.05, 4.69) is 31.1 Å². The zero-order valence-corrected chi connectivity index (χ0v) is 16.7. The van der Waals surface area contributed by atoms with E-state index < -0.39 is 0 Å². The fourth-order valence-electron chi connectivity index (χ4n) is 2.62. The Morgan fingerprint density at radius 3 is 2.91 bits per heavy atom. The summed E-state index contributed by atoms with van der Waals surface area (Å²) >= 11 is 3.31. The third kappa shape index (κ3) is 5.66. The number of nitrogens with zero attached hydrogens (tertiary/aromatic N) is 2. The molecular formula is C15H22BrFIN3O. The van der Waals surface area contributed by atoms with E-state index in [-0.39, 0.29) is 29.8 Å². The lowest BCUT2D eigenvalue weighted by Crippen LogP contribution is -2.39. The maximum absolute atomic E-state index is 13.4. The SMILES string of the molecule is CN=C(NCc1cc(F)cc(Br)c1)N1CCC(COC)C1.I. The Bertz CT molecular complexity index is 495. The van der Waals surface area contributed by atoms with Crippen molar-refractivity contribution in [2.45, 2.75) is 13.0 Å². The van der Waals surface area contributed by atoms with Gasteiger partial charge in [-0.2, -0.15) is 0 Å². The third-order valence-electron chi connectivity index (χ3n) is 3.57. The van der Waals surface area contributed by atoms with Crippen LogP contribution in [0.25, 0.3) is 0 Å². The summed E-state index contributed by atoms with van der Waals surface area (Å²) in [6, 6.07) is 4.89. The summed E-state index contributed by atoms with van der Waals surface area (Å²) in [5.74, 6) is 1.17. The summed E-state index contributed by atoms with van der Waals surface area (Å²) in [7, 11) is 3.50. The van der Waals surface area contributed by atoms with Gasteiger partial charge in [0.25, 0.3) is 0 Å². The number of ether oxygens (including phenoxy) is 1. The summed E-state index contributed by atoms with van der Waals surface area (Å²) in [5.41, 5.74) is 0.885.